The SMILES string of the molecule is CC(C)c1ccc(C(=O)N(C)C2CCCN(c3ccccn3)C2)c(=O)[nH]1. The van der Waals surface area contributed by atoms with Crippen LogP contribution in [0.25, 0.3) is 0 Å². The van der Waals surface area contributed by atoms with E-state index in [-0.39, 0.29) is 29.0 Å². The molecular weight excluding hydrogens is 328 g/mol. The minimum atomic E-state index is -0.314. The van der Waals surface area contributed by atoms with Crippen LogP contribution in [0.5, 0.6) is 0 Å². The lowest BCUT2D eigenvalue weighted by atomic mass is 10.0. The average molecular weight is 354 g/mol. The van der Waals surface area contributed by atoms with Crippen LogP contribution >= 0.6 is 0 Å². The Balaban J connectivity index is 1.75. The van der Waals surface area contributed by atoms with Crippen LogP contribution in [0.15, 0.2) is 41.3 Å². The van der Waals surface area contributed by atoms with Crippen LogP contribution in [0.1, 0.15) is 48.7 Å². The van der Waals surface area contributed by atoms with Gasteiger partial charge >= 0.3 is 0 Å². The molecule has 1 atom stereocenters. The number of amides is 1. The molecule has 6 nitrogen and oxygen atoms in total. The maximum Gasteiger partial charge on any atom is 0.261 e. The number of hydrogen-bond donors (Lipinski definition) is 1. The van der Waals surface area contributed by atoms with Gasteiger partial charge in [0.25, 0.3) is 11.5 Å². The fourth-order valence-corrected chi connectivity index (χ4v) is 3.37. The Bertz CT molecular complexity index is 816. The third-order valence-electron chi connectivity index (χ3n) is 5.02. The first-order valence-corrected chi connectivity index (χ1v) is 9.13. The number of likely N-dealkylation sites (N-methyl/N-ethyl adjacent to an activating group) is 1. The van der Waals surface area contributed by atoms with Crippen LogP contribution in [0.3, 0.4) is 0 Å². The maximum atomic E-state index is 12.9. The number of carbonyl (C=O) groups excluding carboxylic acids is 1. The van der Waals surface area contributed by atoms with Gasteiger partial charge in [-0.2, -0.15) is 0 Å². The van der Waals surface area contributed by atoms with E-state index in [1.54, 1.807) is 24.2 Å². The Morgan fingerprint density at radius 2 is 2.12 bits per heavy atom. The molecule has 0 aromatic carbocycles. The summed E-state index contributed by atoms with van der Waals surface area (Å²) in [5.74, 6) is 0.918. The van der Waals surface area contributed by atoms with Gasteiger partial charge in [0.1, 0.15) is 11.4 Å². The molecule has 0 bridgehead atoms. The molecule has 0 spiro atoms. The Labute approximate surface area is 153 Å². The Kier molecular flexibility index (Phi) is 5.40. The highest BCUT2D eigenvalue weighted by atomic mass is 16.2. The molecule has 0 saturated carbocycles. The van der Waals surface area contributed by atoms with E-state index >= 15 is 0 Å². The molecule has 6 heteroatoms. The van der Waals surface area contributed by atoms with Crippen molar-refractivity contribution in [3.8, 4) is 0 Å². The van der Waals surface area contributed by atoms with E-state index in [2.05, 4.69) is 14.9 Å². The molecule has 1 amide bonds. The van der Waals surface area contributed by atoms with Gasteiger partial charge in [0, 0.05) is 38.1 Å². The van der Waals surface area contributed by atoms with Crippen LogP contribution < -0.4 is 10.5 Å². The minimum absolute atomic E-state index is 0.0578. The fraction of sp³-hybridized carbons (Fsp3) is 0.450. The number of aromatic amines is 1. The second-order valence-corrected chi connectivity index (χ2v) is 7.16. The summed E-state index contributed by atoms with van der Waals surface area (Å²) in [4.78, 5) is 36.3. The number of aromatic nitrogens is 2. The van der Waals surface area contributed by atoms with E-state index in [0.717, 1.165) is 37.4 Å². The van der Waals surface area contributed by atoms with Gasteiger partial charge in [-0.3, -0.25) is 9.59 Å². The Hall–Kier alpha value is -2.63. The number of carbonyl (C=O) groups is 1. The lowest BCUT2D eigenvalue weighted by Gasteiger charge is -2.38. The summed E-state index contributed by atoms with van der Waals surface area (Å²) in [5.41, 5.74) is 0.727. The minimum Gasteiger partial charge on any atom is -0.355 e. The predicted octanol–water partition coefficient (Wildman–Crippen LogP) is 2.63. The van der Waals surface area contributed by atoms with Crippen molar-refractivity contribution in [1.29, 1.82) is 0 Å². The van der Waals surface area contributed by atoms with Gasteiger partial charge in [-0.25, -0.2) is 4.98 Å². The molecule has 2 aromatic heterocycles. The third kappa shape index (κ3) is 3.79. The molecule has 3 rings (SSSR count). The van der Waals surface area contributed by atoms with Crippen LogP contribution in [0.4, 0.5) is 5.82 Å². The van der Waals surface area contributed by atoms with Gasteiger partial charge < -0.3 is 14.8 Å². The predicted molar refractivity (Wildman–Crippen MR) is 103 cm³/mol. The van der Waals surface area contributed by atoms with E-state index in [4.69, 9.17) is 0 Å². The van der Waals surface area contributed by atoms with E-state index < -0.39 is 0 Å². The van der Waals surface area contributed by atoms with Crippen LogP contribution in [0.2, 0.25) is 0 Å². The van der Waals surface area contributed by atoms with Crippen LogP contribution in [-0.2, 0) is 0 Å². The number of pyridine rings is 2. The molecule has 1 unspecified atom stereocenters. The van der Waals surface area contributed by atoms with Crippen molar-refractivity contribution in [2.75, 3.05) is 25.0 Å². The van der Waals surface area contributed by atoms with Gasteiger partial charge in [-0.1, -0.05) is 19.9 Å². The summed E-state index contributed by atoms with van der Waals surface area (Å²) in [7, 11) is 1.78. The summed E-state index contributed by atoms with van der Waals surface area (Å²) in [6.45, 7) is 5.67. The third-order valence-corrected chi connectivity index (χ3v) is 5.02. The first-order valence-electron chi connectivity index (χ1n) is 9.13. The number of anilines is 1. The monoisotopic (exact) mass is 354 g/mol. The lowest BCUT2D eigenvalue weighted by Crippen LogP contribution is -2.49. The van der Waals surface area contributed by atoms with Gasteiger partial charge in [0.2, 0.25) is 0 Å². The summed E-state index contributed by atoms with van der Waals surface area (Å²) in [5, 5.41) is 0. The Morgan fingerprint density at radius 3 is 2.77 bits per heavy atom. The number of rotatable bonds is 4. The summed E-state index contributed by atoms with van der Waals surface area (Å²) >= 11 is 0. The quantitative estimate of drug-likeness (QED) is 0.916. The van der Waals surface area contributed by atoms with Crippen molar-refractivity contribution < 1.29 is 4.79 Å². The molecule has 1 aliphatic heterocycles. The highest BCUT2D eigenvalue weighted by Gasteiger charge is 2.28. The van der Waals surface area contributed by atoms with E-state index in [1.807, 2.05) is 38.1 Å². The van der Waals surface area contributed by atoms with Gasteiger partial charge in [-0.05, 0) is 43.0 Å². The topological polar surface area (TPSA) is 69.3 Å². The molecule has 0 aliphatic carbocycles. The highest BCUT2D eigenvalue weighted by molar-refractivity contribution is 5.94. The maximum absolute atomic E-state index is 12.9. The molecular formula is C20H26N4O2. The molecule has 1 saturated heterocycles. The van der Waals surface area contributed by atoms with Crippen LogP contribution in [0, 0.1) is 0 Å². The first-order chi connectivity index (χ1) is 12.5. The molecule has 26 heavy (non-hydrogen) atoms. The molecule has 1 N–H and O–H groups in total. The van der Waals surface area contributed by atoms with Crippen molar-refractivity contribution in [3.63, 3.8) is 0 Å². The van der Waals surface area contributed by atoms with E-state index in [0.29, 0.717) is 0 Å². The van der Waals surface area contributed by atoms with E-state index in [9.17, 15) is 9.59 Å². The highest BCUT2D eigenvalue weighted by Crippen LogP contribution is 2.21. The van der Waals surface area contributed by atoms with E-state index in [1.165, 1.54) is 0 Å². The van der Waals surface area contributed by atoms with Gasteiger partial charge in [0.05, 0.1) is 0 Å². The molecule has 0 radical (unpaired) electrons. The first kappa shape index (κ1) is 18.2. The van der Waals surface area contributed by atoms with Crippen molar-refractivity contribution in [1.82, 2.24) is 14.9 Å². The lowest BCUT2D eigenvalue weighted by molar-refractivity contribution is 0.0715. The van der Waals surface area contributed by atoms with Gasteiger partial charge in [0.15, 0.2) is 0 Å². The van der Waals surface area contributed by atoms with Crippen molar-refractivity contribution in [2.24, 2.45) is 0 Å². The zero-order valence-electron chi connectivity index (χ0n) is 15.6. The van der Waals surface area contributed by atoms with Crippen molar-refractivity contribution in [2.45, 2.75) is 38.6 Å². The van der Waals surface area contributed by atoms with Gasteiger partial charge in [-0.15, -0.1) is 0 Å². The number of hydrogen-bond acceptors (Lipinski definition) is 4. The molecule has 138 valence electrons. The summed E-state index contributed by atoms with van der Waals surface area (Å²) in [6.07, 6.45) is 3.69. The fourth-order valence-electron chi connectivity index (χ4n) is 3.37. The average Bonchev–Trinajstić information content (AvgIpc) is 2.67. The summed E-state index contributed by atoms with van der Waals surface area (Å²) < 4.78 is 0. The molecule has 1 aliphatic rings. The smallest absolute Gasteiger partial charge is 0.261 e. The van der Waals surface area contributed by atoms with Crippen molar-refractivity contribution >= 4 is 11.7 Å². The second-order valence-electron chi connectivity index (χ2n) is 7.16. The zero-order valence-corrected chi connectivity index (χ0v) is 15.6. The normalized spacial score (nSPS) is 17.4. The van der Waals surface area contributed by atoms with Crippen molar-refractivity contribution in [3.05, 3.63) is 58.1 Å². The number of nitrogens with zero attached hydrogens (tertiary/aromatic N) is 3. The number of nitrogens with one attached hydrogen (secondary N) is 1. The molecule has 1 fully saturated rings. The largest absolute Gasteiger partial charge is 0.355 e. The molecule has 2 aromatic rings. The summed E-state index contributed by atoms with van der Waals surface area (Å²) in [6, 6.07) is 9.38. The number of piperidine rings is 1. The number of H-pyrrole nitrogens is 1. The van der Waals surface area contributed by atoms with Crippen LogP contribution in [-0.4, -0.2) is 47.0 Å². The standard InChI is InChI=1S/C20H26N4O2/c1-14(2)17-10-9-16(19(25)22-17)20(26)23(3)15-7-6-12-24(13-15)18-8-4-5-11-21-18/h4-5,8-11,14-15H,6-7,12-13H2,1-3H3,(H,22,25). The Morgan fingerprint density at radius 1 is 1.31 bits per heavy atom. The second kappa shape index (κ2) is 7.72. The molecule has 3 heterocycles. The zero-order chi connectivity index (χ0) is 18.7.